The molecular weight excluding hydrogens is 734 g/mol. The van der Waals surface area contributed by atoms with Gasteiger partial charge < -0.3 is 14.7 Å². The number of likely N-dealkylation sites (tertiary alicyclic amines) is 1. The van der Waals surface area contributed by atoms with Gasteiger partial charge in [-0.1, -0.05) is 42.5 Å². The number of nitrogens with one attached hydrogen (secondary N) is 1. The summed E-state index contributed by atoms with van der Waals surface area (Å²) in [5.74, 6) is 0.0196. The zero-order valence-electron chi connectivity index (χ0n) is 32.6. The molecule has 5 aromatic rings. The number of aromatic nitrogens is 4. The minimum atomic E-state index is -4.65. The fourth-order valence-corrected chi connectivity index (χ4v) is 7.81. The molecule has 14 heteroatoms. The molecule has 0 radical (unpaired) electrons. The molecule has 0 unspecified atom stereocenters. The van der Waals surface area contributed by atoms with Crippen molar-refractivity contribution in [2.75, 3.05) is 34.2 Å². The third kappa shape index (κ3) is 9.21. The smallest absolute Gasteiger partial charge is 0.342 e. The van der Waals surface area contributed by atoms with Gasteiger partial charge in [0.25, 0.3) is 0 Å². The van der Waals surface area contributed by atoms with Crippen LogP contribution in [0.25, 0.3) is 22.8 Å². The van der Waals surface area contributed by atoms with Gasteiger partial charge in [-0.2, -0.15) is 23.5 Å². The Morgan fingerprint density at radius 3 is 2.02 bits per heavy atom. The van der Waals surface area contributed by atoms with Crippen molar-refractivity contribution in [1.82, 2.24) is 29.1 Å². The second-order valence-electron chi connectivity index (χ2n) is 15.5. The lowest BCUT2D eigenvalue weighted by molar-refractivity contribution is -0.897. The van der Waals surface area contributed by atoms with E-state index in [9.17, 15) is 32.8 Å². The van der Waals surface area contributed by atoms with Crippen LogP contribution >= 0.6 is 0 Å². The monoisotopic (exact) mass is 781 g/mol. The third-order valence-corrected chi connectivity index (χ3v) is 11.0. The van der Waals surface area contributed by atoms with Crippen molar-refractivity contribution in [1.29, 1.82) is 5.26 Å². The molecule has 2 amide bonds. The number of amides is 2. The van der Waals surface area contributed by atoms with Gasteiger partial charge in [0.15, 0.2) is 0 Å². The lowest BCUT2D eigenvalue weighted by Crippen LogP contribution is -2.53. The summed E-state index contributed by atoms with van der Waals surface area (Å²) in [6.07, 6.45) is 1.03. The maximum atomic E-state index is 14.1. The topological polar surface area (TPSA) is 118 Å². The van der Waals surface area contributed by atoms with Gasteiger partial charge in [0.2, 0.25) is 5.91 Å². The molecule has 57 heavy (non-hydrogen) atoms. The summed E-state index contributed by atoms with van der Waals surface area (Å²) in [5, 5.41) is 16.6. The van der Waals surface area contributed by atoms with Crippen molar-refractivity contribution in [3.05, 3.63) is 124 Å². The van der Waals surface area contributed by atoms with Gasteiger partial charge >= 0.3 is 17.9 Å². The fourth-order valence-electron chi connectivity index (χ4n) is 7.81. The molecule has 0 atom stereocenters. The first-order valence-electron chi connectivity index (χ1n) is 19.1. The number of nitrogens with zero attached hydrogens (tertiary/aromatic N) is 7. The summed E-state index contributed by atoms with van der Waals surface area (Å²) in [6, 6.07) is 26.1. The number of hydrogen-bond acceptors (Lipinski definition) is 5. The van der Waals surface area contributed by atoms with E-state index < -0.39 is 23.5 Å². The molecule has 0 bridgehead atoms. The molecule has 3 heterocycles. The van der Waals surface area contributed by atoms with Crippen LogP contribution in [0.15, 0.2) is 102 Å². The van der Waals surface area contributed by atoms with Crippen LogP contribution in [0.2, 0.25) is 0 Å². The largest absolute Gasteiger partial charge is 0.416 e. The van der Waals surface area contributed by atoms with E-state index >= 15 is 0 Å². The van der Waals surface area contributed by atoms with Crippen molar-refractivity contribution >= 4 is 11.9 Å². The average Bonchev–Trinajstić information content (AvgIpc) is 3.79. The van der Waals surface area contributed by atoms with E-state index in [4.69, 9.17) is 0 Å². The molecule has 2 aliphatic rings. The molecule has 3 aromatic carbocycles. The van der Waals surface area contributed by atoms with Crippen molar-refractivity contribution in [3.63, 3.8) is 0 Å². The normalized spacial score (nSPS) is 17.6. The predicted octanol–water partition coefficient (Wildman–Crippen LogP) is 7.19. The van der Waals surface area contributed by atoms with E-state index in [2.05, 4.69) is 37.6 Å². The molecule has 1 saturated carbocycles. The third-order valence-electron chi connectivity index (χ3n) is 11.0. The molecule has 0 spiro atoms. The number of alkyl halides is 3. The Bertz CT molecular complexity index is 2240. The molecule has 7 rings (SSSR count). The van der Waals surface area contributed by atoms with Crippen LogP contribution in [0.1, 0.15) is 55.3 Å². The highest BCUT2D eigenvalue weighted by Gasteiger charge is 2.36. The molecule has 1 N–H and O–H groups in total. The highest BCUT2D eigenvalue weighted by molar-refractivity contribution is 5.84. The van der Waals surface area contributed by atoms with Gasteiger partial charge in [-0.3, -0.25) is 9.36 Å². The summed E-state index contributed by atoms with van der Waals surface area (Å²) in [5.41, 5.74) is -0.121. The first-order chi connectivity index (χ1) is 27.2. The lowest BCUT2D eigenvalue weighted by Gasteiger charge is -2.41. The zero-order chi connectivity index (χ0) is 40.9. The van der Waals surface area contributed by atoms with E-state index in [0.29, 0.717) is 48.7 Å². The Morgan fingerprint density at radius 2 is 1.46 bits per heavy atom. The van der Waals surface area contributed by atoms with Gasteiger partial charge in [-0.25, -0.2) is 18.8 Å². The van der Waals surface area contributed by atoms with Crippen LogP contribution in [0.5, 0.6) is 0 Å². The Balaban J connectivity index is 0.000000837. The average molecular weight is 782 g/mol. The Morgan fingerprint density at radius 1 is 0.842 bits per heavy atom. The van der Waals surface area contributed by atoms with Gasteiger partial charge in [-0.15, -0.1) is 0 Å². The number of imidazole rings is 1. The van der Waals surface area contributed by atoms with Crippen molar-refractivity contribution < 1.29 is 27.2 Å². The number of benzene rings is 3. The SMILES string of the molecule is Cc1c(-c2ccnn2-c2ccc(C#N)cc2)n(C(=O)N[C@H]2CC[C@H](C(=O)N3CCC([N+](C)(C)C)CC3)CC2)c(=O)n1-c1cccc(C(F)(F)F)c1.c1ccccc1. The minimum Gasteiger partial charge on any atom is -0.342 e. The van der Waals surface area contributed by atoms with Crippen LogP contribution in [0.4, 0.5) is 18.0 Å². The maximum Gasteiger partial charge on any atom is 0.416 e. The molecule has 1 saturated heterocycles. The molecule has 298 valence electrons. The van der Waals surface area contributed by atoms with Crippen molar-refractivity contribution in [3.8, 4) is 28.8 Å². The number of carbonyl (C=O) groups is 2. The van der Waals surface area contributed by atoms with Crippen molar-refractivity contribution in [2.45, 2.75) is 63.7 Å². The molecule has 1 aliphatic carbocycles. The summed E-state index contributed by atoms with van der Waals surface area (Å²) in [7, 11) is 6.54. The molecule has 11 nitrogen and oxygen atoms in total. The summed E-state index contributed by atoms with van der Waals surface area (Å²) >= 11 is 0. The van der Waals surface area contributed by atoms with Crippen LogP contribution in [0.3, 0.4) is 0 Å². The number of hydrogen-bond donors (Lipinski definition) is 1. The van der Waals surface area contributed by atoms with E-state index in [1.807, 2.05) is 41.3 Å². The van der Waals surface area contributed by atoms with Gasteiger partial charge in [0, 0.05) is 37.9 Å². The Hall–Kier alpha value is -5.94. The van der Waals surface area contributed by atoms with Crippen LogP contribution < -0.4 is 11.0 Å². The first-order valence-corrected chi connectivity index (χ1v) is 19.1. The van der Waals surface area contributed by atoms with E-state index in [0.717, 1.165) is 51.7 Å². The molecule has 2 fully saturated rings. The molecular formula is C43H48F3N8O3+. The standard InChI is InChI=1S/C37H41F3N8O3.C6H6/c1-24-33(32-16-19-42-47(32)29-14-8-25(23-41)9-15-29)46(36(51)45(24)30-7-5-6-27(22-30)37(38,39)40)35(50)43-28-12-10-26(11-13-28)34(49)44-20-17-31(18-21-44)48(2,3)4;1-2-4-6-5-3-1/h5-9,14-16,19,22,26,28,31H,10-13,17-18,20-21H2,1-4H3;1-6H/p+1/t26-,28-;. The second-order valence-corrected chi connectivity index (χ2v) is 15.5. The quantitative estimate of drug-likeness (QED) is 0.183. The Kier molecular flexibility index (Phi) is 12.2. The van der Waals surface area contributed by atoms with E-state index in [1.165, 1.54) is 23.0 Å². The first kappa shape index (κ1) is 40.7. The van der Waals surface area contributed by atoms with Crippen LogP contribution in [-0.2, 0) is 11.0 Å². The fraction of sp³-hybridized carbons (Fsp3) is 0.372. The zero-order valence-corrected chi connectivity index (χ0v) is 32.6. The van der Waals surface area contributed by atoms with Gasteiger partial charge in [-0.05, 0) is 81.1 Å². The summed E-state index contributed by atoms with van der Waals surface area (Å²) in [6.45, 7) is 3.04. The van der Waals surface area contributed by atoms with Gasteiger partial charge in [0.1, 0.15) is 5.69 Å². The molecule has 1 aliphatic heterocycles. The minimum absolute atomic E-state index is 0.0472. The summed E-state index contributed by atoms with van der Waals surface area (Å²) in [4.78, 5) is 43.6. The number of quaternary nitrogens is 1. The number of piperidine rings is 1. The summed E-state index contributed by atoms with van der Waals surface area (Å²) < 4.78 is 45.5. The Labute approximate surface area is 330 Å². The van der Waals surface area contributed by atoms with Crippen molar-refractivity contribution in [2.24, 2.45) is 5.92 Å². The van der Waals surface area contributed by atoms with Crippen LogP contribution in [0, 0.1) is 24.2 Å². The number of carbonyl (C=O) groups excluding carboxylic acids is 2. The van der Waals surface area contributed by atoms with Crippen LogP contribution in [-0.4, -0.2) is 86.6 Å². The second kappa shape index (κ2) is 17.1. The van der Waals surface area contributed by atoms with E-state index in [1.54, 1.807) is 37.3 Å². The number of nitriles is 1. The predicted molar refractivity (Wildman–Crippen MR) is 211 cm³/mol. The van der Waals surface area contributed by atoms with Gasteiger partial charge in [0.05, 0.1) is 73.3 Å². The molecule has 2 aromatic heterocycles. The number of rotatable bonds is 6. The highest BCUT2D eigenvalue weighted by atomic mass is 19.4. The highest BCUT2D eigenvalue weighted by Crippen LogP contribution is 2.33. The maximum absolute atomic E-state index is 14.1. The lowest BCUT2D eigenvalue weighted by atomic mass is 9.84. The van der Waals surface area contributed by atoms with E-state index in [-0.39, 0.29) is 34.9 Å². The number of halogens is 3.